The molecule has 0 radical (unpaired) electrons. The van der Waals surface area contributed by atoms with Crippen molar-refractivity contribution in [3.63, 3.8) is 0 Å². The van der Waals surface area contributed by atoms with Gasteiger partial charge >= 0.3 is 0 Å². The van der Waals surface area contributed by atoms with E-state index in [0.717, 1.165) is 41.8 Å². The minimum absolute atomic E-state index is 0. The van der Waals surface area contributed by atoms with Gasteiger partial charge in [0, 0.05) is 49.3 Å². The number of aliphatic imine (C=N–C) groups is 1. The zero-order chi connectivity index (χ0) is 18.6. The van der Waals surface area contributed by atoms with E-state index in [1.807, 2.05) is 53.2 Å². The van der Waals surface area contributed by atoms with E-state index < -0.39 is 0 Å². The largest absolute Gasteiger partial charge is 0.369 e. The van der Waals surface area contributed by atoms with Crippen LogP contribution in [0.1, 0.15) is 12.1 Å². The smallest absolute Gasteiger partial charge is 0.191 e. The number of imidazole rings is 1. The van der Waals surface area contributed by atoms with Gasteiger partial charge in [0.2, 0.25) is 0 Å². The number of nitrogens with one attached hydrogen (secondary N) is 2. The van der Waals surface area contributed by atoms with Gasteiger partial charge in [-0.3, -0.25) is 4.99 Å². The highest BCUT2D eigenvalue weighted by Crippen LogP contribution is 2.23. The van der Waals surface area contributed by atoms with Gasteiger partial charge in [-0.25, -0.2) is 4.98 Å². The summed E-state index contributed by atoms with van der Waals surface area (Å²) in [6.07, 6.45) is 5.09. The third kappa shape index (κ3) is 4.88. The molecule has 0 bridgehead atoms. The first-order valence-electron chi connectivity index (χ1n) is 9.11. The number of hydrogen-bond donors (Lipinski definition) is 2. The van der Waals surface area contributed by atoms with Crippen LogP contribution >= 0.6 is 35.6 Å². The summed E-state index contributed by atoms with van der Waals surface area (Å²) in [4.78, 5) is 11.3. The molecular weight excluding hydrogens is 487 g/mol. The van der Waals surface area contributed by atoms with Crippen LogP contribution in [0.15, 0.2) is 59.9 Å². The van der Waals surface area contributed by atoms with Crippen molar-refractivity contribution in [2.24, 2.45) is 4.99 Å². The Labute approximate surface area is 187 Å². The number of pyridine rings is 1. The van der Waals surface area contributed by atoms with Gasteiger partial charge in [0.25, 0.3) is 0 Å². The average Bonchev–Trinajstić information content (AvgIpc) is 3.31. The third-order valence-corrected chi connectivity index (χ3v) is 5.01. The highest BCUT2D eigenvalue weighted by atomic mass is 127. The Morgan fingerprint density at radius 1 is 1.29 bits per heavy atom. The van der Waals surface area contributed by atoms with E-state index in [-0.39, 0.29) is 24.0 Å². The summed E-state index contributed by atoms with van der Waals surface area (Å²) >= 11 is 6.12. The molecule has 1 fully saturated rings. The molecule has 2 aromatic heterocycles. The fourth-order valence-corrected chi connectivity index (χ4v) is 3.60. The number of halogens is 2. The van der Waals surface area contributed by atoms with Crippen molar-refractivity contribution >= 4 is 52.9 Å². The quantitative estimate of drug-likeness (QED) is 0.320. The molecule has 1 aromatic carbocycles. The molecular formula is C20H24ClIN6. The molecule has 1 aliphatic heterocycles. The number of anilines is 1. The van der Waals surface area contributed by atoms with Gasteiger partial charge < -0.3 is 19.9 Å². The van der Waals surface area contributed by atoms with E-state index >= 15 is 0 Å². The minimum atomic E-state index is 0. The molecule has 6 nitrogen and oxygen atoms in total. The van der Waals surface area contributed by atoms with Crippen molar-refractivity contribution in [1.29, 1.82) is 0 Å². The summed E-state index contributed by atoms with van der Waals surface area (Å²) in [6.45, 7) is 2.56. The molecule has 1 atom stereocenters. The lowest BCUT2D eigenvalue weighted by Gasteiger charge is -2.20. The molecule has 1 aliphatic rings. The lowest BCUT2D eigenvalue weighted by molar-refractivity contribution is 0.647. The zero-order valence-corrected chi connectivity index (χ0v) is 18.8. The number of aromatic nitrogens is 2. The van der Waals surface area contributed by atoms with E-state index in [1.54, 1.807) is 7.05 Å². The van der Waals surface area contributed by atoms with Crippen molar-refractivity contribution in [3.8, 4) is 0 Å². The Morgan fingerprint density at radius 2 is 2.18 bits per heavy atom. The van der Waals surface area contributed by atoms with Crippen molar-refractivity contribution < 1.29 is 0 Å². The standard InChI is InChI=1S/C20H23ClN6.HI/c1-22-20(23-12-17-14-27-9-3-2-7-19(27)24-17)25-16-8-10-26(13-16)18-6-4-5-15(21)11-18;/h2-7,9,11,14,16H,8,10,12-13H2,1H3,(H2,22,23,25);1H. The van der Waals surface area contributed by atoms with Crippen LogP contribution in [0.4, 0.5) is 5.69 Å². The van der Waals surface area contributed by atoms with Crippen molar-refractivity contribution in [3.05, 3.63) is 65.6 Å². The fraction of sp³-hybridized carbons (Fsp3) is 0.300. The molecule has 0 amide bonds. The van der Waals surface area contributed by atoms with Crippen LogP contribution in [0.2, 0.25) is 5.02 Å². The molecule has 1 unspecified atom stereocenters. The first-order chi connectivity index (χ1) is 13.2. The predicted octanol–water partition coefficient (Wildman–Crippen LogP) is 3.55. The molecule has 8 heteroatoms. The number of nitrogens with zero attached hydrogens (tertiary/aromatic N) is 4. The predicted molar refractivity (Wildman–Crippen MR) is 126 cm³/mol. The van der Waals surface area contributed by atoms with Crippen LogP contribution in [0.5, 0.6) is 0 Å². The summed E-state index contributed by atoms with van der Waals surface area (Å²) in [5.41, 5.74) is 3.10. The molecule has 2 N–H and O–H groups in total. The van der Waals surface area contributed by atoms with E-state index in [2.05, 4.69) is 31.6 Å². The number of fused-ring (bicyclic) bond motifs is 1. The number of guanidine groups is 1. The molecule has 0 spiro atoms. The lowest BCUT2D eigenvalue weighted by Crippen LogP contribution is -2.44. The normalized spacial score (nSPS) is 16.9. The first kappa shape index (κ1) is 20.7. The summed E-state index contributed by atoms with van der Waals surface area (Å²) in [5, 5.41) is 7.65. The Bertz CT molecular complexity index is 924. The van der Waals surface area contributed by atoms with Gasteiger partial charge in [-0.05, 0) is 36.8 Å². The zero-order valence-electron chi connectivity index (χ0n) is 15.7. The molecule has 4 rings (SSSR count). The minimum Gasteiger partial charge on any atom is -0.369 e. The summed E-state index contributed by atoms with van der Waals surface area (Å²) in [7, 11) is 1.79. The maximum atomic E-state index is 6.12. The Hall–Kier alpha value is -2.00. The molecule has 3 aromatic rings. The van der Waals surface area contributed by atoms with Gasteiger partial charge in [0.05, 0.1) is 12.2 Å². The number of hydrogen-bond acceptors (Lipinski definition) is 3. The summed E-state index contributed by atoms with van der Waals surface area (Å²) in [5.74, 6) is 0.796. The molecule has 3 heterocycles. The first-order valence-corrected chi connectivity index (χ1v) is 9.49. The second kappa shape index (κ2) is 9.47. The molecule has 1 saturated heterocycles. The van der Waals surface area contributed by atoms with E-state index in [9.17, 15) is 0 Å². The van der Waals surface area contributed by atoms with Crippen LogP contribution in [0.25, 0.3) is 5.65 Å². The Kier molecular flexibility index (Phi) is 7.01. The lowest BCUT2D eigenvalue weighted by atomic mass is 10.2. The monoisotopic (exact) mass is 510 g/mol. The maximum absolute atomic E-state index is 6.12. The highest BCUT2D eigenvalue weighted by molar-refractivity contribution is 14.0. The Balaban J connectivity index is 0.00000225. The van der Waals surface area contributed by atoms with Crippen LogP contribution in [0.3, 0.4) is 0 Å². The van der Waals surface area contributed by atoms with Crippen molar-refractivity contribution in [2.45, 2.75) is 19.0 Å². The van der Waals surface area contributed by atoms with Crippen molar-refractivity contribution in [2.75, 3.05) is 25.0 Å². The molecule has 28 heavy (non-hydrogen) atoms. The number of rotatable bonds is 4. The van der Waals surface area contributed by atoms with Crippen LogP contribution in [-0.2, 0) is 6.54 Å². The Morgan fingerprint density at radius 3 is 2.96 bits per heavy atom. The second-order valence-corrected chi connectivity index (χ2v) is 7.12. The topological polar surface area (TPSA) is 57.0 Å². The van der Waals surface area contributed by atoms with Crippen LogP contribution in [0, 0.1) is 0 Å². The van der Waals surface area contributed by atoms with Gasteiger partial charge in [-0.1, -0.05) is 23.7 Å². The van der Waals surface area contributed by atoms with Gasteiger partial charge in [0.1, 0.15) is 5.65 Å². The fourth-order valence-electron chi connectivity index (χ4n) is 3.42. The summed E-state index contributed by atoms with van der Waals surface area (Å²) < 4.78 is 2.02. The van der Waals surface area contributed by atoms with Gasteiger partial charge in [0.15, 0.2) is 5.96 Å². The third-order valence-electron chi connectivity index (χ3n) is 4.78. The number of benzene rings is 1. The SMILES string of the molecule is CN=C(NCc1cn2ccccc2n1)NC1CCN(c2cccc(Cl)c2)C1.I. The maximum Gasteiger partial charge on any atom is 0.191 e. The molecule has 148 valence electrons. The highest BCUT2D eigenvalue weighted by Gasteiger charge is 2.23. The van der Waals surface area contributed by atoms with Gasteiger partial charge in [-0.15, -0.1) is 24.0 Å². The molecule has 0 saturated carbocycles. The summed E-state index contributed by atoms with van der Waals surface area (Å²) in [6, 6.07) is 14.3. The van der Waals surface area contributed by atoms with E-state index in [0.29, 0.717) is 12.6 Å². The van der Waals surface area contributed by atoms with Crippen LogP contribution < -0.4 is 15.5 Å². The average molecular weight is 511 g/mol. The van der Waals surface area contributed by atoms with Gasteiger partial charge in [-0.2, -0.15) is 0 Å². The van der Waals surface area contributed by atoms with Crippen LogP contribution in [-0.4, -0.2) is 41.5 Å². The van der Waals surface area contributed by atoms with E-state index in [4.69, 9.17) is 11.6 Å². The molecule has 0 aliphatic carbocycles. The second-order valence-electron chi connectivity index (χ2n) is 6.68. The van der Waals surface area contributed by atoms with E-state index in [1.165, 1.54) is 5.69 Å². The van der Waals surface area contributed by atoms with Crippen molar-refractivity contribution in [1.82, 2.24) is 20.0 Å².